The number of rotatable bonds is 1. The lowest BCUT2D eigenvalue weighted by Gasteiger charge is -1.44. The molecule has 0 atom stereocenters. The van der Waals surface area contributed by atoms with Crippen molar-refractivity contribution in [1.29, 1.82) is 0 Å². The lowest BCUT2D eigenvalue weighted by atomic mass is 10.8. The standard InChI is InChI=1S/BH4OPSi/c1-4-3-2/h1,4H2. The molecule has 0 aromatic carbocycles. The molecule has 4 heteroatoms. The first-order chi connectivity index (χ1) is 1.91. The van der Waals surface area contributed by atoms with Crippen LogP contribution in [-0.2, 0) is 4.57 Å². The minimum absolute atomic E-state index is 0.159. The molecule has 0 aliphatic heterocycles. The average Bonchev–Trinajstić information content (AvgIpc) is 1.37. The molecular weight excluding hydrogens is 85.9 g/mol. The van der Waals surface area contributed by atoms with Crippen LogP contribution in [0.5, 0.6) is 0 Å². The zero-order chi connectivity index (χ0) is 3.41. The Hall–Kier alpha value is 0.382. The fourth-order valence-electron chi connectivity index (χ4n) is 0. The predicted molar refractivity (Wildman–Crippen MR) is 24.7 cm³/mol. The maximum atomic E-state index is 9.33. The maximum Gasteiger partial charge on any atom is 0.104 e. The van der Waals surface area contributed by atoms with E-state index in [1.165, 1.54) is 0 Å². The first kappa shape index (κ1) is 4.38. The molecule has 0 N–H and O–H groups in total. The molecule has 0 saturated heterocycles. The van der Waals surface area contributed by atoms with E-state index in [4.69, 9.17) is 0 Å². The van der Waals surface area contributed by atoms with Crippen molar-refractivity contribution in [2.75, 3.05) is 0 Å². The van der Waals surface area contributed by atoms with Gasteiger partial charge in [0.05, 0.1) is 9.06 Å². The van der Waals surface area contributed by atoms with Crippen molar-refractivity contribution in [2.24, 2.45) is 0 Å². The van der Waals surface area contributed by atoms with Crippen LogP contribution in [0.4, 0.5) is 0 Å². The minimum Gasteiger partial charge on any atom is -0.284 e. The molecule has 0 heterocycles. The van der Waals surface area contributed by atoms with E-state index in [2.05, 4.69) is 0 Å². The third-order valence-electron chi connectivity index (χ3n) is 0.129. The van der Waals surface area contributed by atoms with Crippen molar-refractivity contribution in [3.63, 3.8) is 0 Å². The normalized spacial score (nSPS) is 11.0. The first-order valence-electron chi connectivity index (χ1n) is 1.21. The Balaban J connectivity index is 2.30. The summed E-state index contributed by atoms with van der Waals surface area (Å²) in [5, 5.41) is 0. The highest BCUT2D eigenvalue weighted by atomic mass is 31.3. The van der Waals surface area contributed by atoms with Gasteiger partial charge in [0.2, 0.25) is 0 Å². The van der Waals surface area contributed by atoms with E-state index in [1.807, 2.05) is 7.44 Å². The topological polar surface area (TPSA) is 17.1 Å². The Kier molecular flexibility index (Phi) is 3.70. The van der Waals surface area contributed by atoms with Crippen molar-refractivity contribution >= 4 is 24.5 Å². The van der Waals surface area contributed by atoms with Crippen LogP contribution in [0.15, 0.2) is 0 Å². The molecule has 0 radical (unpaired) electrons. The molecule has 0 aliphatic carbocycles. The lowest BCUT2D eigenvalue weighted by Crippen LogP contribution is -1.64. The summed E-state index contributed by atoms with van der Waals surface area (Å²) < 4.78 is 9.33. The van der Waals surface area contributed by atoms with E-state index in [0.717, 1.165) is 0 Å². The molecule has 0 rings (SSSR count). The van der Waals surface area contributed by atoms with Gasteiger partial charge < -0.3 is 0 Å². The highest BCUT2D eigenvalue weighted by molar-refractivity contribution is 7.69. The fourth-order valence-corrected chi connectivity index (χ4v) is 0. The number of hydrogen-bond acceptors (Lipinski definition) is 1. The van der Waals surface area contributed by atoms with Crippen molar-refractivity contribution in [3.8, 4) is 0 Å². The number of hydrogen-bond donors (Lipinski definition) is 0. The summed E-state index contributed by atoms with van der Waals surface area (Å²) in [7, 11) is 2.22. The second-order valence-electron chi connectivity index (χ2n) is 0.445. The highest BCUT2D eigenvalue weighted by Crippen LogP contribution is 1.74. The Morgan fingerprint density at radius 2 is 2.25 bits per heavy atom. The zero-order valence-corrected chi connectivity index (χ0v) is 4.87. The van der Waals surface area contributed by atoms with Crippen LogP contribution in [0.2, 0.25) is 0 Å². The van der Waals surface area contributed by atoms with Crippen molar-refractivity contribution in [2.45, 2.75) is 0 Å². The third-order valence-corrected chi connectivity index (χ3v) is 1.16. The largest absolute Gasteiger partial charge is 0.284 e. The van der Waals surface area contributed by atoms with E-state index in [9.17, 15) is 4.57 Å². The average molecular weight is 89.9 g/mol. The van der Waals surface area contributed by atoms with Gasteiger partial charge in [0, 0.05) is 0 Å². The second kappa shape index (κ2) is 3.38. The van der Waals surface area contributed by atoms with Gasteiger partial charge >= 0.3 is 0 Å². The molecule has 1 nitrogen and oxygen atoms in total. The lowest BCUT2D eigenvalue weighted by molar-refractivity contribution is 0.605. The van der Waals surface area contributed by atoms with Gasteiger partial charge in [-0.15, -0.1) is 0 Å². The quantitative estimate of drug-likeness (QED) is 0.295. The van der Waals surface area contributed by atoms with Crippen molar-refractivity contribution < 1.29 is 4.57 Å². The summed E-state index contributed by atoms with van der Waals surface area (Å²) in [5.41, 5.74) is 0. The smallest absolute Gasteiger partial charge is 0.104 e. The van der Waals surface area contributed by atoms with Gasteiger partial charge in [-0.3, -0.25) is 4.57 Å². The van der Waals surface area contributed by atoms with Crippen LogP contribution >= 0.6 is 8.01 Å². The van der Waals surface area contributed by atoms with E-state index in [-0.39, 0.29) is 9.06 Å². The first-order valence-corrected chi connectivity index (χ1v) is 5.52. The van der Waals surface area contributed by atoms with Gasteiger partial charge in [-0.25, -0.2) is 0 Å². The van der Waals surface area contributed by atoms with Crippen LogP contribution < -0.4 is 0 Å². The molecule has 0 unspecified atom stereocenters. The zero-order valence-electron chi connectivity index (χ0n) is 2.56. The minimum atomic E-state index is -0.159. The summed E-state index contributed by atoms with van der Waals surface area (Å²) >= 11 is 0. The Morgan fingerprint density at radius 3 is 2.25 bits per heavy atom. The van der Waals surface area contributed by atoms with Crippen LogP contribution in [0, 0.1) is 0 Å². The molecule has 22 valence electrons. The van der Waals surface area contributed by atoms with Gasteiger partial charge in [0.15, 0.2) is 0 Å². The molecule has 0 saturated carbocycles. The van der Waals surface area contributed by atoms with E-state index in [0.29, 0.717) is 8.01 Å². The van der Waals surface area contributed by atoms with Gasteiger partial charge in [0.1, 0.15) is 15.4 Å². The molecule has 4 heavy (non-hydrogen) atoms. The summed E-state index contributed by atoms with van der Waals surface area (Å²) in [4.78, 5) is 0. The molecule has 0 aliphatic rings. The molecule has 0 amide bonds. The maximum absolute atomic E-state index is 9.33. The predicted octanol–water partition coefficient (Wildman–Crippen LogP) is -1.09. The summed E-state index contributed by atoms with van der Waals surface area (Å²) in [6.07, 6.45) is 0. The van der Waals surface area contributed by atoms with E-state index in [1.54, 1.807) is 0 Å². The van der Waals surface area contributed by atoms with E-state index >= 15 is 0 Å². The summed E-state index contributed by atoms with van der Waals surface area (Å²) in [6, 6.07) is 0. The molecular formula is H4BOPSi. The summed E-state index contributed by atoms with van der Waals surface area (Å²) in [5.74, 6) is 0. The molecule has 0 spiro atoms. The Labute approximate surface area is 30.0 Å². The monoisotopic (exact) mass is 90.0 g/mol. The summed E-state index contributed by atoms with van der Waals surface area (Å²) in [6.45, 7) is 0. The second-order valence-corrected chi connectivity index (χ2v) is 4.01. The molecule has 0 aromatic rings. The van der Waals surface area contributed by atoms with Crippen molar-refractivity contribution in [1.82, 2.24) is 0 Å². The Morgan fingerprint density at radius 1 is 2.00 bits per heavy atom. The van der Waals surface area contributed by atoms with E-state index < -0.39 is 0 Å². The van der Waals surface area contributed by atoms with Crippen LogP contribution in [0.1, 0.15) is 0 Å². The SMILES string of the molecule is B[SiH2]P=O. The van der Waals surface area contributed by atoms with Gasteiger partial charge in [0.25, 0.3) is 0 Å². The van der Waals surface area contributed by atoms with Crippen molar-refractivity contribution in [3.05, 3.63) is 0 Å². The van der Waals surface area contributed by atoms with Gasteiger partial charge in [-0.1, -0.05) is 0 Å². The fraction of sp³-hybridized carbons (Fsp3) is 0. The van der Waals surface area contributed by atoms with Crippen LogP contribution in [-0.4, -0.2) is 16.5 Å². The third kappa shape index (κ3) is 2.38. The molecule has 0 fully saturated rings. The van der Waals surface area contributed by atoms with Gasteiger partial charge in [-0.2, -0.15) is 0 Å². The van der Waals surface area contributed by atoms with Gasteiger partial charge in [-0.05, 0) is 0 Å². The van der Waals surface area contributed by atoms with Crippen LogP contribution in [0.25, 0.3) is 0 Å². The molecule has 0 bridgehead atoms. The molecule has 0 aromatic heterocycles. The highest BCUT2D eigenvalue weighted by Gasteiger charge is 1.59. The Bertz CT molecular complexity index is 22.0. The van der Waals surface area contributed by atoms with Crippen LogP contribution in [0.3, 0.4) is 0 Å².